The van der Waals surface area contributed by atoms with E-state index in [-0.39, 0.29) is 17.8 Å². The van der Waals surface area contributed by atoms with Crippen LogP contribution in [0.1, 0.15) is 21.3 Å². The smallest absolute Gasteiger partial charge is 0.262 e. The van der Waals surface area contributed by atoms with E-state index in [0.717, 1.165) is 15.6 Å². The van der Waals surface area contributed by atoms with Gasteiger partial charge < -0.3 is 10.2 Å². The molecular weight excluding hydrogens is 359 g/mol. The molecule has 1 aromatic heterocycles. The Bertz CT molecular complexity index is 909. The molecule has 0 radical (unpaired) electrons. The first-order valence-electron chi connectivity index (χ1n) is 7.84. The van der Waals surface area contributed by atoms with E-state index in [1.807, 2.05) is 49.3 Å². The van der Waals surface area contributed by atoms with Gasteiger partial charge in [0.05, 0.1) is 11.1 Å². The fourth-order valence-corrected chi connectivity index (χ4v) is 4.18. The zero-order chi connectivity index (χ0) is 18.0. The monoisotopic (exact) mass is 376 g/mol. The molecule has 6 heteroatoms. The Kier molecular flexibility index (Phi) is 5.37. The van der Waals surface area contributed by atoms with Gasteiger partial charge in [-0.2, -0.15) is 0 Å². The summed E-state index contributed by atoms with van der Waals surface area (Å²) in [4.78, 5) is 15.0. The molecule has 1 N–H and O–H groups in total. The SMILES string of the molecule is CN(C)[C@H](CNC(=O)c1sc2ccccc2c1Cl)c1cccc(F)c1. The van der Waals surface area contributed by atoms with Crippen LogP contribution in [0.2, 0.25) is 5.02 Å². The number of carbonyl (C=O) groups excluding carboxylic acids is 1. The van der Waals surface area contributed by atoms with E-state index < -0.39 is 0 Å². The molecule has 0 bridgehead atoms. The topological polar surface area (TPSA) is 32.3 Å². The van der Waals surface area contributed by atoms with E-state index in [9.17, 15) is 9.18 Å². The van der Waals surface area contributed by atoms with Crippen molar-refractivity contribution < 1.29 is 9.18 Å². The molecule has 1 atom stereocenters. The lowest BCUT2D eigenvalue weighted by Crippen LogP contribution is -2.34. The maximum Gasteiger partial charge on any atom is 0.262 e. The normalized spacial score (nSPS) is 12.5. The molecule has 3 aromatic rings. The van der Waals surface area contributed by atoms with Gasteiger partial charge in [0.1, 0.15) is 10.7 Å². The molecule has 3 nitrogen and oxygen atoms in total. The summed E-state index contributed by atoms with van der Waals surface area (Å²) in [6, 6.07) is 14.0. The number of fused-ring (bicyclic) bond motifs is 1. The molecule has 0 saturated carbocycles. The van der Waals surface area contributed by atoms with E-state index in [1.54, 1.807) is 6.07 Å². The van der Waals surface area contributed by atoms with E-state index in [1.165, 1.54) is 23.5 Å². The van der Waals surface area contributed by atoms with Gasteiger partial charge in [0.15, 0.2) is 0 Å². The van der Waals surface area contributed by atoms with Gasteiger partial charge in [0, 0.05) is 16.6 Å². The van der Waals surface area contributed by atoms with Crippen LogP contribution in [-0.2, 0) is 0 Å². The number of nitrogens with one attached hydrogen (secondary N) is 1. The quantitative estimate of drug-likeness (QED) is 0.698. The van der Waals surface area contributed by atoms with Crippen LogP contribution in [0.3, 0.4) is 0 Å². The average molecular weight is 377 g/mol. The minimum absolute atomic E-state index is 0.132. The summed E-state index contributed by atoms with van der Waals surface area (Å²) in [6.45, 7) is 0.361. The number of likely N-dealkylation sites (N-methyl/N-ethyl adjacent to an activating group) is 1. The Morgan fingerprint density at radius 2 is 2.00 bits per heavy atom. The Balaban J connectivity index is 1.78. The van der Waals surface area contributed by atoms with Crippen LogP contribution in [0.4, 0.5) is 4.39 Å². The summed E-state index contributed by atoms with van der Waals surface area (Å²) in [5.74, 6) is -0.502. The molecule has 0 unspecified atom stereocenters. The number of amides is 1. The standard InChI is InChI=1S/C19H18ClFN2OS/c1-23(2)15(12-6-5-7-13(21)10-12)11-22-19(24)18-17(20)14-8-3-4-9-16(14)25-18/h3-10,15H,11H2,1-2H3,(H,22,24)/t15-/m1/s1. The highest BCUT2D eigenvalue weighted by Crippen LogP contribution is 2.35. The average Bonchev–Trinajstić information content (AvgIpc) is 2.92. The molecule has 0 spiro atoms. The van der Waals surface area contributed by atoms with Gasteiger partial charge in [-0.15, -0.1) is 11.3 Å². The van der Waals surface area contributed by atoms with Crippen LogP contribution in [-0.4, -0.2) is 31.4 Å². The van der Waals surface area contributed by atoms with Crippen molar-refractivity contribution in [3.05, 3.63) is 69.8 Å². The van der Waals surface area contributed by atoms with Crippen molar-refractivity contribution in [2.24, 2.45) is 0 Å². The van der Waals surface area contributed by atoms with Crippen LogP contribution in [0, 0.1) is 5.82 Å². The number of hydrogen-bond acceptors (Lipinski definition) is 3. The number of benzene rings is 2. The van der Waals surface area contributed by atoms with E-state index in [2.05, 4.69) is 5.32 Å². The van der Waals surface area contributed by atoms with Crippen LogP contribution < -0.4 is 5.32 Å². The molecule has 130 valence electrons. The van der Waals surface area contributed by atoms with Gasteiger partial charge in [-0.25, -0.2) is 4.39 Å². The first-order chi connectivity index (χ1) is 12.0. The summed E-state index contributed by atoms with van der Waals surface area (Å²) in [6.07, 6.45) is 0. The predicted molar refractivity (Wildman–Crippen MR) is 102 cm³/mol. The molecule has 0 fully saturated rings. The third-order valence-electron chi connectivity index (χ3n) is 4.05. The van der Waals surface area contributed by atoms with Crippen molar-refractivity contribution in [2.45, 2.75) is 6.04 Å². The van der Waals surface area contributed by atoms with E-state index in [4.69, 9.17) is 11.6 Å². The van der Waals surface area contributed by atoms with Crippen molar-refractivity contribution in [3.8, 4) is 0 Å². The lowest BCUT2D eigenvalue weighted by molar-refractivity contribution is 0.0946. The number of rotatable bonds is 5. The van der Waals surface area contributed by atoms with Crippen molar-refractivity contribution in [1.82, 2.24) is 10.2 Å². The Morgan fingerprint density at radius 1 is 1.24 bits per heavy atom. The summed E-state index contributed by atoms with van der Waals surface area (Å²) in [5, 5.41) is 4.28. The van der Waals surface area contributed by atoms with Crippen molar-refractivity contribution in [1.29, 1.82) is 0 Å². The first-order valence-corrected chi connectivity index (χ1v) is 9.04. The minimum atomic E-state index is -0.289. The number of nitrogens with zero attached hydrogens (tertiary/aromatic N) is 1. The summed E-state index contributed by atoms with van der Waals surface area (Å²) < 4.78 is 14.5. The molecule has 2 aromatic carbocycles. The first kappa shape index (κ1) is 17.9. The minimum Gasteiger partial charge on any atom is -0.349 e. The lowest BCUT2D eigenvalue weighted by Gasteiger charge is -2.25. The van der Waals surface area contributed by atoms with Gasteiger partial charge in [0.25, 0.3) is 5.91 Å². The molecule has 25 heavy (non-hydrogen) atoms. The number of halogens is 2. The maximum atomic E-state index is 13.5. The Hall–Kier alpha value is -1.95. The Morgan fingerprint density at radius 3 is 2.68 bits per heavy atom. The number of thiophene rings is 1. The van der Waals surface area contributed by atoms with Crippen molar-refractivity contribution >= 4 is 38.9 Å². The summed E-state index contributed by atoms with van der Waals surface area (Å²) >= 11 is 7.73. The van der Waals surface area contributed by atoms with Gasteiger partial charge in [-0.3, -0.25) is 4.79 Å². The molecule has 0 aliphatic heterocycles. The number of carbonyl (C=O) groups is 1. The predicted octanol–water partition coefficient (Wildman–Crippen LogP) is 4.73. The van der Waals surface area contributed by atoms with Crippen LogP contribution in [0.25, 0.3) is 10.1 Å². The summed E-state index contributed by atoms with van der Waals surface area (Å²) in [7, 11) is 3.79. The van der Waals surface area contributed by atoms with E-state index in [0.29, 0.717) is 16.4 Å². The third-order valence-corrected chi connectivity index (χ3v) is 5.73. The summed E-state index contributed by atoms with van der Waals surface area (Å²) in [5.41, 5.74) is 0.813. The van der Waals surface area contributed by atoms with Crippen LogP contribution in [0.5, 0.6) is 0 Å². The highest BCUT2D eigenvalue weighted by atomic mass is 35.5. The highest BCUT2D eigenvalue weighted by molar-refractivity contribution is 7.21. The molecule has 0 aliphatic carbocycles. The Labute approximate surface area is 155 Å². The molecule has 1 amide bonds. The highest BCUT2D eigenvalue weighted by Gasteiger charge is 2.20. The zero-order valence-electron chi connectivity index (χ0n) is 13.9. The second-order valence-electron chi connectivity index (χ2n) is 5.99. The number of hydrogen-bond donors (Lipinski definition) is 1. The van der Waals surface area contributed by atoms with Crippen molar-refractivity contribution in [3.63, 3.8) is 0 Å². The maximum absolute atomic E-state index is 13.5. The zero-order valence-corrected chi connectivity index (χ0v) is 15.5. The van der Waals surface area contributed by atoms with Gasteiger partial charge in [-0.05, 0) is 37.9 Å². The third kappa shape index (κ3) is 3.84. The van der Waals surface area contributed by atoms with Crippen LogP contribution >= 0.6 is 22.9 Å². The fourth-order valence-electron chi connectivity index (χ4n) is 2.74. The molecular formula is C19H18ClFN2OS. The fraction of sp³-hybridized carbons (Fsp3) is 0.211. The van der Waals surface area contributed by atoms with E-state index >= 15 is 0 Å². The second-order valence-corrected chi connectivity index (χ2v) is 7.42. The largest absolute Gasteiger partial charge is 0.349 e. The lowest BCUT2D eigenvalue weighted by atomic mass is 10.1. The molecule has 0 saturated heterocycles. The molecule has 0 aliphatic rings. The van der Waals surface area contributed by atoms with Crippen molar-refractivity contribution in [2.75, 3.05) is 20.6 Å². The molecule has 1 heterocycles. The van der Waals surface area contributed by atoms with Gasteiger partial charge >= 0.3 is 0 Å². The van der Waals surface area contributed by atoms with Crippen LogP contribution in [0.15, 0.2) is 48.5 Å². The second kappa shape index (κ2) is 7.52. The molecule has 3 rings (SSSR count). The van der Waals surface area contributed by atoms with Gasteiger partial charge in [0.2, 0.25) is 0 Å². The van der Waals surface area contributed by atoms with Gasteiger partial charge in [-0.1, -0.05) is 41.9 Å².